The number of carbonyl (C=O) groups excluding carboxylic acids is 2. The summed E-state index contributed by atoms with van der Waals surface area (Å²) in [6, 6.07) is 11.9. The molecule has 0 saturated heterocycles. The monoisotopic (exact) mass is 328 g/mol. The van der Waals surface area contributed by atoms with Gasteiger partial charge in [-0.2, -0.15) is 0 Å². The molecule has 6 heteroatoms. The molecule has 6 nitrogen and oxygen atoms in total. The molecule has 0 spiro atoms. The van der Waals surface area contributed by atoms with Crippen molar-refractivity contribution >= 4 is 11.8 Å². The third-order valence-corrected chi connectivity index (χ3v) is 3.40. The fourth-order valence-electron chi connectivity index (χ4n) is 2.16. The summed E-state index contributed by atoms with van der Waals surface area (Å²) in [6.07, 6.45) is 0. The highest BCUT2D eigenvalue weighted by Crippen LogP contribution is 2.27. The molecule has 2 aromatic carbocycles. The Kier molecular flexibility index (Phi) is 5.78. The number of rotatable bonds is 5. The van der Waals surface area contributed by atoms with Crippen LogP contribution in [0.3, 0.4) is 0 Å². The minimum absolute atomic E-state index is 0.348. The van der Waals surface area contributed by atoms with Crippen molar-refractivity contribution in [1.29, 1.82) is 0 Å². The zero-order chi connectivity index (χ0) is 17.5. The third kappa shape index (κ3) is 4.04. The predicted molar refractivity (Wildman–Crippen MR) is 90.3 cm³/mol. The molecule has 2 aromatic rings. The summed E-state index contributed by atoms with van der Waals surface area (Å²) in [5, 5.41) is 0. The number of aryl methyl sites for hydroxylation is 1. The first-order valence-corrected chi connectivity index (χ1v) is 7.54. The second-order valence-corrected chi connectivity index (χ2v) is 5.02. The minimum Gasteiger partial charge on any atom is -0.493 e. The van der Waals surface area contributed by atoms with Crippen LogP contribution in [-0.2, 0) is 0 Å². The molecule has 0 heterocycles. The number of hydrogen-bond donors (Lipinski definition) is 2. The van der Waals surface area contributed by atoms with E-state index in [1.807, 2.05) is 26.0 Å². The first kappa shape index (κ1) is 17.3. The van der Waals surface area contributed by atoms with E-state index in [1.165, 1.54) is 7.11 Å². The summed E-state index contributed by atoms with van der Waals surface area (Å²) in [5.74, 6) is 0.188. The van der Waals surface area contributed by atoms with Crippen molar-refractivity contribution in [3.8, 4) is 11.5 Å². The van der Waals surface area contributed by atoms with Gasteiger partial charge < -0.3 is 9.47 Å². The van der Waals surface area contributed by atoms with Crippen LogP contribution in [0.25, 0.3) is 0 Å². The molecule has 0 unspecified atom stereocenters. The van der Waals surface area contributed by atoms with Gasteiger partial charge in [-0.15, -0.1) is 0 Å². The van der Waals surface area contributed by atoms with E-state index < -0.39 is 5.91 Å². The predicted octanol–water partition coefficient (Wildman–Crippen LogP) is 2.48. The van der Waals surface area contributed by atoms with Crippen LogP contribution >= 0.6 is 0 Å². The molecule has 2 amide bonds. The molecule has 126 valence electrons. The summed E-state index contributed by atoms with van der Waals surface area (Å²) < 4.78 is 10.6. The van der Waals surface area contributed by atoms with Crippen molar-refractivity contribution in [2.75, 3.05) is 13.7 Å². The smallest absolute Gasteiger partial charge is 0.269 e. The molecule has 0 saturated carbocycles. The van der Waals surface area contributed by atoms with E-state index in [2.05, 4.69) is 10.9 Å². The molecular weight excluding hydrogens is 308 g/mol. The van der Waals surface area contributed by atoms with Crippen LogP contribution in [0.15, 0.2) is 42.5 Å². The van der Waals surface area contributed by atoms with E-state index in [0.29, 0.717) is 29.2 Å². The van der Waals surface area contributed by atoms with Gasteiger partial charge in [0, 0.05) is 11.1 Å². The fraction of sp³-hybridized carbons (Fsp3) is 0.222. The van der Waals surface area contributed by atoms with Crippen LogP contribution in [0.5, 0.6) is 11.5 Å². The quantitative estimate of drug-likeness (QED) is 0.827. The number of carbonyl (C=O) groups is 2. The molecule has 0 aromatic heterocycles. The highest BCUT2D eigenvalue weighted by molar-refractivity contribution is 6.00. The number of benzene rings is 2. The zero-order valence-corrected chi connectivity index (χ0v) is 13.9. The lowest BCUT2D eigenvalue weighted by molar-refractivity contribution is 0.0846. The van der Waals surface area contributed by atoms with Gasteiger partial charge in [0.1, 0.15) is 0 Å². The first-order valence-electron chi connectivity index (χ1n) is 7.54. The van der Waals surface area contributed by atoms with Gasteiger partial charge in [0.05, 0.1) is 13.7 Å². The van der Waals surface area contributed by atoms with E-state index in [9.17, 15) is 9.59 Å². The average Bonchev–Trinajstić information content (AvgIpc) is 2.60. The Bertz CT molecular complexity index is 744. The summed E-state index contributed by atoms with van der Waals surface area (Å²) in [4.78, 5) is 24.3. The lowest BCUT2D eigenvalue weighted by Crippen LogP contribution is -2.41. The van der Waals surface area contributed by atoms with Gasteiger partial charge in [0.2, 0.25) is 0 Å². The molecule has 2 N–H and O–H groups in total. The van der Waals surface area contributed by atoms with Crippen molar-refractivity contribution in [2.45, 2.75) is 13.8 Å². The van der Waals surface area contributed by atoms with Gasteiger partial charge >= 0.3 is 0 Å². The Hall–Kier alpha value is -3.02. The second kappa shape index (κ2) is 8.01. The summed E-state index contributed by atoms with van der Waals surface area (Å²) in [5.41, 5.74) is 6.47. The van der Waals surface area contributed by atoms with Gasteiger partial charge in [-0.05, 0) is 43.7 Å². The van der Waals surface area contributed by atoms with Crippen molar-refractivity contribution < 1.29 is 19.1 Å². The molecule has 0 bridgehead atoms. The molecule has 24 heavy (non-hydrogen) atoms. The van der Waals surface area contributed by atoms with E-state index in [1.54, 1.807) is 30.3 Å². The molecular formula is C18H20N2O4. The maximum absolute atomic E-state index is 12.2. The van der Waals surface area contributed by atoms with Crippen molar-refractivity contribution in [3.05, 3.63) is 59.2 Å². The minimum atomic E-state index is -0.446. The highest BCUT2D eigenvalue weighted by atomic mass is 16.5. The molecule has 2 rings (SSSR count). The van der Waals surface area contributed by atoms with Crippen molar-refractivity contribution in [3.63, 3.8) is 0 Å². The van der Waals surface area contributed by atoms with Crippen LogP contribution < -0.4 is 20.3 Å². The molecule has 0 aliphatic rings. The standard InChI is InChI=1S/C18H20N2O4/c1-4-24-15-10-9-13(11-16(15)23-3)17(21)19-20-18(22)14-8-6-5-7-12(14)2/h5-11H,4H2,1-3H3,(H,19,21)(H,20,22). The van der Waals surface area contributed by atoms with Gasteiger partial charge in [-0.3, -0.25) is 20.4 Å². The second-order valence-electron chi connectivity index (χ2n) is 5.02. The van der Waals surface area contributed by atoms with Crippen LogP contribution in [0.1, 0.15) is 33.2 Å². The Morgan fingerprint density at radius 1 is 1.00 bits per heavy atom. The molecule has 0 aliphatic carbocycles. The van der Waals surface area contributed by atoms with Crippen molar-refractivity contribution in [2.24, 2.45) is 0 Å². The maximum atomic E-state index is 12.2. The number of ether oxygens (including phenoxy) is 2. The van der Waals surface area contributed by atoms with Crippen LogP contribution in [0, 0.1) is 6.92 Å². The number of hydrogen-bond acceptors (Lipinski definition) is 4. The molecule has 0 aliphatic heterocycles. The van der Waals surface area contributed by atoms with Gasteiger partial charge in [0.15, 0.2) is 11.5 Å². The van der Waals surface area contributed by atoms with E-state index in [-0.39, 0.29) is 5.91 Å². The lowest BCUT2D eigenvalue weighted by atomic mass is 10.1. The fourth-order valence-corrected chi connectivity index (χ4v) is 2.16. The lowest BCUT2D eigenvalue weighted by Gasteiger charge is -2.12. The Morgan fingerprint density at radius 3 is 2.38 bits per heavy atom. The van der Waals surface area contributed by atoms with E-state index in [0.717, 1.165) is 5.56 Å². The largest absolute Gasteiger partial charge is 0.493 e. The molecule has 0 atom stereocenters. The van der Waals surface area contributed by atoms with Crippen LogP contribution in [-0.4, -0.2) is 25.5 Å². The van der Waals surface area contributed by atoms with E-state index >= 15 is 0 Å². The number of nitrogens with one attached hydrogen (secondary N) is 2. The zero-order valence-electron chi connectivity index (χ0n) is 13.9. The number of hydrazine groups is 1. The molecule has 0 fully saturated rings. The number of amides is 2. The first-order chi connectivity index (χ1) is 11.6. The number of methoxy groups -OCH3 is 1. The Labute approximate surface area is 140 Å². The van der Waals surface area contributed by atoms with Crippen LogP contribution in [0.2, 0.25) is 0 Å². The molecule has 0 radical (unpaired) electrons. The van der Waals surface area contributed by atoms with Crippen LogP contribution in [0.4, 0.5) is 0 Å². The normalized spacial score (nSPS) is 9.96. The Morgan fingerprint density at radius 2 is 1.71 bits per heavy atom. The SMILES string of the molecule is CCOc1ccc(C(=O)NNC(=O)c2ccccc2C)cc1OC. The Balaban J connectivity index is 2.05. The van der Waals surface area contributed by atoms with Gasteiger partial charge in [-0.25, -0.2) is 0 Å². The van der Waals surface area contributed by atoms with Crippen molar-refractivity contribution in [1.82, 2.24) is 10.9 Å². The topological polar surface area (TPSA) is 76.7 Å². The summed E-state index contributed by atoms with van der Waals surface area (Å²) in [6.45, 7) is 4.18. The summed E-state index contributed by atoms with van der Waals surface area (Å²) in [7, 11) is 1.50. The summed E-state index contributed by atoms with van der Waals surface area (Å²) >= 11 is 0. The average molecular weight is 328 g/mol. The maximum Gasteiger partial charge on any atom is 0.269 e. The van der Waals surface area contributed by atoms with E-state index in [4.69, 9.17) is 9.47 Å². The van der Waals surface area contributed by atoms with Gasteiger partial charge in [0.25, 0.3) is 11.8 Å². The highest BCUT2D eigenvalue weighted by Gasteiger charge is 2.13. The third-order valence-electron chi connectivity index (χ3n) is 3.40. The van der Waals surface area contributed by atoms with Gasteiger partial charge in [-0.1, -0.05) is 18.2 Å².